The summed E-state index contributed by atoms with van der Waals surface area (Å²) >= 11 is 0. The number of aromatic nitrogens is 1. The molecule has 1 aromatic carbocycles. The number of nitrogens with zero attached hydrogens (tertiary/aromatic N) is 2. The molecule has 1 aliphatic heterocycles. The summed E-state index contributed by atoms with van der Waals surface area (Å²) in [4.78, 5) is 19.5. The van der Waals surface area contributed by atoms with Crippen molar-refractivity contribution in [3.8, 4) is 5.75 Å². The number of nitrogens with one attached hydrogen (secondary N) is 2. The molecule has 0 unspecified atom stereocenters. The van der Waals surface area contributed by atoms with Gasteiger partial charge in [0.2, 0.25) is 0 Å². The summed E-state index contributed by atoms with van der Waals surface area (Å²) in [6.07, 6.45) is 5.25. The average Bonchev–Trinajstić information content (AvgIpc) is 2.72. The fourth-order valence-corrected chi connectivity index (χ4v) is 3.59. The summed E-state index contributed by atoms with van der Waals surface area (Å²) in [5, 5.41) is 6.24. The van der Waals surface area contributed by atoms with Crippen LogP contribution in [0.2, 0.25) is 0 Å². The predicted octanol–water partition coefficient (Wildman–Crippen LogP) is 3.69. The number of carbonyl (C=O) groups is 1. The van der Waals surface area contributed by atoms with Crippen LogP contribution in [-0.4, -0.2) is 49.1 Å². The zero-order valence-electron chi connectivity index (χ0n) is 16.8. The summed E-state index contributed by atoms with van der Waals surface area (Å²) in [5.74, 6) is 2.02. The third kappa shape index (κ3) is 5.70. The zero-order valence-corrected chi connectivity index (χ0v) is 16.8. The molecule has 2 aromatic rings. The summed E-state index contributed by atoms with van der Waals surface area (Å²) < 4.78 is 5.17. The Balaban J connectivity index is 1.52. The number of rotatable bonds is 8. The number of hydrogen-bond donors (Lipinski definition) is 2. The van der Waals surface area contributed by atoms with Gasteiger partial charge in [0.15, 0.2) is 0 Å². The third-order valence-electron chi connectivity index (χ3n) is 5.08. The molecule has 6 nitrogen and oxygen atoms in total. The van der Waals surface area contributed by atoms with Crippen LogP contribution in [0, 0.1) is 5.92 Å². The molecule has 2 N–H and O–H groups in total. The lowest BCUT2D eigenvalue weighted by Gasteiger charge is -2.30. The molecule has 2 heterocycles. The van der Waals surface area contributed by atoms with Gasteiger partial charge >= 0.3 is 0 Å². The first kappa shape index (κ1) is 20.1. The van der Waals surface area contributed by atoms with E-state index in [0.717, 1.165) is 30.3 Å². The molecular formula is C22H30N4O2. The number of likely N-dealkylation sites (tertiary alicyclic amines) is 1. The first-order valence-corrected chi connectivity index (χ1v) is 10.0. The Morgan fingerprint density at radius 3 is 2.86 bits per heavy atom. The predicted molar refractivity (Wildman–Crippen MR) is 112 cm³/mol. The third-order valence-corrected chi connectivity index (χ3v) is 5.08. The normalized spacial score (nSPS) is 17.1. The maximum absolute atomic E-state index is 12.6. The van der Waals surface area contributed by atoms with Crippen LogP contribution in [0.5, 0.6) is 5.75 Å². The second-order valence-corrected chi connectivity index (χ2v) is 7.41. The molecule has 1 fully saturated rings. The molecule has 6 heteroatoms. The minimum atomic E-state index is -0.101. The largest absolute Gasteiger partial charge is 0.497 e. The van der Waals surface area contributed by atoms with Gasteiger partial charge in [-0.25, -0.2) is 4.98 Å². The lowest BCUT2D eigenvalue weighted by atomic mass is 10.0. The van der Waals surface area contributed by atoms with Crippen molar-refractivity contribution < 1.29 is 9.53 Å². The highest BCUT2D eigenvalue weighted by Gasteiger charge is 2.16. The van der Waals surface area contributed by atoms with Crippen LogP contribution < -0.4 is 15.4 Å². The minimum absolute atomic E-state index is 0.101. The number of pyridine rings is 1. The van der Waals surface area contributed by atoms with Crippen molar-refractivity contribution in [1.29, 1.82) is 0 Å². The van der Waals surface area contributed by atoms with Crippen LogP contribution in [0.25, 0.3) is 0 Å². The quantitative estimate of drug-likeness (QED) is 0.682. The molecular weight excluding hydrogens is 352 g/mol. The van der Waals surface area contributed by atoms with Crippen molar-refractivity contribution >= 4 is 17.4 Å². The number of benzene rings is 1. The fraction of sp³-hybridized carbons (Fsp3) is 0.455. The molecule has 0 bridgehead atoms. The first-order chi connectivity index (χ1) is 13.7. The van der Waals surface area contributed by atoms with E-state index in [1.54, 1.807) is 25.4 Å². The van der Waals surface area contributed by atoms with Crippen LogP contribution in [0.3, 0.4) is 0 Å². The van der Waals surface area contributed by atoms with Gasteiger partial charge in [-0.15, -0.1) is 0 Å². The molecule has 3 rings (SSSR count). The Bertz CT molecular complexity index is 763. The summed E-state index contributed by atoms with van der Waals surface area (Å²) in [5.41, 5.74) is 1.40. The van der Waals surface area contributed by atoms with Gasteiger partial charge in [0, 0.05) is 25.0 Å². The number of ether oxygens (including phenoxy) is 1. The fourth-order valence-electron chi connectivity index (χ4n) is 3.59. The highest BCUT2D eigenvalue weighted by atomic mass is 16.5. The Hall–Kier alpha value is -2.60. The summed E-state index contributed by atoms with van der Waals surface area (Å²) in [7, 11) is 1.63. The van der Waals surface area contributed by atoms with E-state index in [-0.39, 0.29) is 5.91 Å². The van der Waals surface area contributed by atoms with Gasteiger partial charge in [-0.3, -0.25) is 4.79 Å². The van der Waals surface area contributed by atoms with E-state index < -0.39 is 0 Å². The Morgan fingerprint density at radius 2 is 2.11 bits per heavy atom. The smallest absolute Gasteiger partial charge is 0.255 e. The van der Waals surface area contributed by atoms with E-state index in [0.29, 0.717) is 17.9 Å². The van der Waals surface area contributed by atoms with Gasteiger partial charge in [-0.05, 0) is 74.7 Å². The van der Waals surface area contributed by atoms with Crippen molar-refractivity contribution in [3.05, 3.63) is 48.2 Å². The van der Waals surface area contributed by atoms with Crippen LogP contribution >= 0.6 is 0 Å². The van der Waals surface area contributed by atoms with Crippen molar-refractivity contribution in [1.82, 2.24) is 15.2 Å². The second-order valence-electron chi connectivity index (χ2n) is 7.41. The van der Waals surface area contributed by atoms with Gasteiger partial charge in [-0.2, -0.15) is 0 Å². The molecule has 0 spiro atoms. The maximum atomic E-state index is 12.6. The number of methoxy groups -OCH3 is 1. The van der Waals surface area contributed by atoms with E-state index in [2.05, 4.69) is 27.4 Å². The lowest BCUT2D eigenvalue weighted by molar-refractivity contribution is 0.0950. The Kier molecular flexibility index (Phi) is 7.25. The minimum Gasteiger partial charge on any atom is -0.497 e. The van der Waals surface area contributed by atoms with E-state index >= 15 is 0 Å². The second kappa shape index (κ2) is 10.1. The van der Waals surface area contributed by atoms with Crippen molar-refractivity contribution in [2.24, 2.45) is 5.92 Å². The monoisotopic (exact) mass is 382 g/mol. The highest BCUT2D eigenvalue weighted by molar-refractivity contribution is 5.99. The van der Waals surface area contributed by atoms with Crippen LogP contribution in [0.4, 0.5) is 11.5 Å². The van der Waals surface area contributed by atoms with Crippen LogP contribution in [-0.2, 0) is 0 Å². The van der Waals surface area contributed by atoms with Crippen molar-refractivity contribution in [3.63, 3.8) is 0 Å². The number of piperidine rings is 1. The van der Waals surface area contributed by atoms with Gasteiger partial charge in [-0.1, -0.05) is 6.92 Å². The highest BCUT2D eigenvalue weighted by Crippen LogP contribution is 2.21. The van der Waals surface area contributed by atoms with Gasteiger partial charge in [0.25, 0.3) is 5.91 Å². The molecule has 1 saturated heterocycles. The molecule has 1 aliphatic rings. The first-order valence-electron chi connectivity index (χ1n) is 10.0. The van der Waals surface area contributed by atoms with Crippen LogP contribution in [0.15, 0.2) is 42.6 Å². The molecule has 0 saturated carbocycles. The topological polar surface area (TPSA) is 66.5 Å². The SMILES string of the molecule is COc1ccc(Nc2ncccc2C(=O)NCCCN2CCC[C@H](C)C2)cc1. The Morgan fingerprint density at radius 1 is 1.29 bits per heavy atom. The molecule has 28 heavy (non-hydrogen) atoms. The molecule has 0 aliphatic carbocycles. The number of amides is 1. The van der Waals surface area contributed by atoms with Gasteiger partial charge in [0.05, 0.1) is 12.7 Å². The Labute approximate surface area is 167 Å². The number of anilines is 2. The molecule has 0 radical (unpaired) electrons. The maximum Gasteiger partial charge on any atom is 0.255 e. The zero-order chi connectivity index (χ0) is 19.8. The number of hydrogen-bond acceptors (Lipinski definition) is 5. The van der Waals surface area contributed by atoms with E-state index in [1.807, 2.05) is 24.3 Å². The molecule has 1 aromatic heterocycles. The van der Waals surface area contributed by atoms with Crippen molar-refractivity contribution in [2.75, 3.05) is 38.6 Å². The summed E-state index contributed by atoms with van der Waals surface area (Å²) in [6, 6.07) is 11.1. The van der Waals surface area contributed by atoms with Crippen molar-refractivity contribution in [2.45, 2.75) is 26.2 Å². The van der Waals surface area contributed by atoms with E-state index in [1.165, 1.54) is 25.9 Å². The molecule has 1 amide bonds. The van der Waals surface area contributed by atoms with Crippen LogP contribution in [0.1, 0.15) is 36.5 Å². The number of carbonyl (C=O) groups excluding carboxylic acids is 1. The lowest BCUT2D eigenvalue weighted by Crippen LogP contribution is -2.36. The molecule has 150 valence electrons. The van der Waals surface area contributed by atoms with Gasteiger partial charge in [0.1, 0.15) is 11.6 Å². The van der Waals surface area contributed by atoms with Gasteiger partial charge < -0.3 is 20.3 Å². The van der Waals surface area contributed by atoms with E-state index in [4.69, 9.17) is 4.74 Å². The van der Waals surface area contributed by atoms with E-state index in [9.17, 15) is 4.79 Å². The average molecular weight is 383 g/mol. The summed E-state index contributed by atoms with van der Waals surface area (Å²) in [6.45, 7) is 6.37. The standard InChI is InChI=1S/C22H30N4O2/c1-17-6-4-14-26(16-17)15-5-13-24-22(27)20-7-3-12-23-21(20)25-18-8-10-19(28-2)11-9-18/h3,7-12,17H,4-6,13-16H2,1-2H3,(H,23,25)(H,24,27)/t17-/m0/s1. The molecule has 1 atom stereocenters.